The number of carbonyl (C=O) groups is 1. The van der Waals surface area contributed by atoms with Crippen molar-refractivity contribution in [2.45, 2.75) is 52.0 Å². The highest BCUT2D eigenvalue weighted by Crippen LogP contribution is 2.21. The average molecular weight is 357 g/mol. The molecule has 140 valence electrons. The zero-order chi connectivity index (χ0) is 19.2. The van der Waals surface area contributed by atoms with Crippen molar-refractivity contribution < 1.29 is 19.4 Å². The minimum Gasteiger partial charge on any atom is -0.489 e. The fourth-order valence-electron chi connectivity index (χ4n) is 2.36. The first-order chi connectivity index (χ1) is 12.2. The molecule has 5 heteroatoms. The third-order valence-electron chi connectivity index (χ3n) is 3.69. The van der Waals surface area contributed by atoms with E-state index in [4.69, 9.17) is 9.47 Å². The Morgan fingerprint density at radius 2 is 1.69 bits per heavy atom. The highest BCUT2D eigenvalue weighted by Gasteiger charge is 2.22. The quantitative estimate of drug-likeness (QED) is 0.812. The van der Waals surface area contributed by atoms with E-state index in [9.17, 15) is 9.90 Å². The lowest BCUT2D eigenvalue weighted by Crippen LogP contribution is -2.40. The molecule has 0 unspecified atom stereocenters. The molecule has 0 aliphatic heterocycles. The van der Waals surface area contributed by atoms with E-state index in [1.807, 2.05) is 42.5 Å². The second kappa shape index (κ2) is 8.72. The van der Waals surface area contributed by atoms with Crippen molar-refractivity contribution in [1.82, 2.24) is 5.32 Å². The van der Waals surface area contributed by atoms with E-state index in [2.05, 4.69) is 5.32 Å². The summed E-state index contributed by atoms with van der Waals surface area (Å²) in [6, 6.07) is 16.6. The zero-order valence-electron chi connectivity index (χ0n) is 15.7. The number of rotatable bonds is 6. The first-order valence-electron chi connectivity index (χ1n) is 8.69. The van der Waals surface area contributed by atoms with Crippen LogP contribution in [-0.4, -0.2) is 22.8 Å². The van der Waals surface area contributed by atoms with Crippen LogP contribution in [0.3, 0.4) is 0 Å². The molecule has 2 rings (SSSR count). The molecule has 5 nitrogen and oxygen atoms in total. The van der Waals surface area contributed by atoms with Crippen LogP contribution in [0, 0.1) is 0 Å². The van der Waals surface area contributed by atoms with Crippen molar-refractivity contribution in [2.24, 2.45) is 0 Å². The number of aliphatic hydroxyl groups excluding tert-OH is 1. The molecule has 0 aliphatic rings. The van der Waals surface area contributed by atoms with Crippen molar-refractivity contribution in [3.63, 3.8) is 0 Å². The SMILES string of the molecule is C[C@H](NC(=O)OC(C)(C)C)[C@H](O)c1ccc(OCc2ccccc2)cc1. The van der Waals surface area contributed by atoms with Gasteiger partial charge in [-0.05, 0) is 51.0 Å². The van der Waals surface area contributed by atoms with Crippen molar-refractivity contribution in [3.05, 3.63) is 65.7 Å². The number of alkyl carbamates (subject to hydrolysis) is 1. The molecule has 0 saturated heterocycles. The van der Waals surface area contributed by atoms with E-state index in [-0.39, 0.29) is 0 Å². The van der Waals surface area contributed by atoms with Crippen LogP contribution in [0.2, 0.25) is 0 Å². The molecule has 2 atom stereocenters. The number of carbonyl (C=O) groups excluding carboxylic acids is 1. The van der Waals surface area contributed by atoms with Crippen LogP contribution in [-0.2, 0) is 11.3 Å². The van der Waals surface area contributed by atoms with Gasteiger partial charge in [0, 0.05) is 0 Å². The second-order valence-corrected chi connectivity index (χ2v) is 7.22. The van der Waals surface area contributed by atoms with E-state index in [0.29, 0.717) is 12.2 Å². The maximum absolute atomic E-state index is 11.8. The van der Waals surface area contributed by atoms with Gasteiger partial charge in [-0.15, -0.1) is 0 Å². The monoisotopic (exact) mass is 357 g/mol. The first-order valence-corrected chi connectivity index (χ1v) is 8.69. The van der Waals surface area contributed by atoms with Gasteiger partial charge in [-0.25, -0.2) is 4.79 Å². The fourth-order valence-corrected chi connectivity index (χ4v) is 2.36. The third-order valence-corrected chi connectivity index (χ3v) is 3.69. The van der Waals surface area contributed by atoms with Gasteiger partial charge in [-0.3, -0.25) is 0 Å². The molecule has 0 heterocycles. The number of hydrogen-bond donors (Lipinski definition) is 2. The smallest absolute Gasteiger partial charge is 0.407 e. The Bertz CT molecular complexity index is 692. The van der Waals surface area contributed by atoms with Crippen LogP contribution in [0.5, 0.6) is 5.75 Å². The highest BCUT2D eigenvalue weighted by molar-refractivity contribution is 5.68. The van der Waals surface area contributed by atoms with Gasteiger partial charge < -0.3 is 19.9 Å². The highest BCUT2D eigenvalue weighted by atomic mass is 16.6. The van der Waals surface area contributed by atoms with Crippen LogP contribution >= 0.6 is 0 Å². The normalized spacial score (nSPS) is 13.6. The van der Waals surface area contributed by atoms with Gasteiger partial charge in [0.05, 0.1) is 12.1 Å². The van der Waals surface area contributed by atoms with Crippen LogP contribution in [0.4, 0.5) is 4.79 Å². The van der Waals surface area contributed by atoms with Gasteiger partial charge in [0.1, 0.15) is 18.0 Å². The molecule has 2 aromatic carbocycles. The Kier molecular flexibility index (Phi) is 6.64. The average Bonchev–Trinajstić information content (AvgIpc) is 2.59. The van der Waals surface area contributed by atoms with E-state index in [1.54, 1.807) is 39.8 Å². The maximum Gasteiger partial charge on any atom is 0.407 e. The third kappa shape index (κ3) is 6.41. The number of aliphatic hydroxyl groups is 1. The summed E-state index contributed by atoms with van der Waals surface area (Å²) in [5, 5.41) is 13.1. The van der Waals surface area contributed by atoms with Crippen LogP contribution in [0.1, 0.15) is 44.9 Å². The van der Waals surface area contributed by atoms with Crippen LogP contribution in [0.15, 0.2) is 54.6 Å². The summed E-state index contributed by atoms with van der Waals surface area (Å²) >= 11 is 0. The number of benzene rings is 2. The summed E-state index contributed by atoms with van der Waals surface area (Å²) in [5.74, 6) is 0.720. The lowest BCUT2D eigenvalue weighted by Gasteiger charge is -2.24. The Morgan fingerprint density at radius 3 is 2.27 bits per heavy atom. The summed E-state index contributed by atoms with van der Waals surface area (Å²) in [7, 11) is 0. The predicted octanol–water partition coefficient (Wildman–Crippen LogP) is 4.21. The van der Waals surface area contributed by atoms with E-state index >= 15 is 0 Å². The lowest BCUT2D eigenvalue weighted by molar-refractivity contribution is 0.0435. The minimum atomic E-state index is -0.842. The molecule has 0 aromatic heterocycles. The Balaban J connectivity index is 1.89. The summed E-state index contributed by atoms with van der Waals surface area (Å²) in [4.78, 5) is 11.8. The van der Waals surface area contributed by atoms with Crippen molar-refractivity contribution in [3.8, 4) is 5.75 Å². The summed E-state index contributed by atoms with van der Waals surface area (Å²) in [6.07, 6.45) is -1.39. The molecule has 0 bridgehead atoms. The van der Waals surface area contributed by atoms with Crippen LogP contribution < -0.4 is 10.1 Å². The Hall–Kier alpha value is -2.53. The number of amides is 1. The van der Waals surface area contributed by atoms with E-state index in [1.165, 1.54) is 0 Å². The van der Waals surface area contributed by atoms with Crippen molar-refractivity contribution in [2.75, 3.05) is 0 Å². The van der Waals surface area contributed by atoms with Gasteiger partial charge in [-0.2, -0.15) is 0 Å². The van der Waals surface area contributed by atoms with Gasteiger partial charge >= 0.3 is 6.09 Å². The molecule has 0 spiro atoms. The number of hydrogen-bond acceptors (Lipinski definition) is 4. The van der Waals surface area contributed by atoms with Gasteiger partial charge in [0.25, 0.3) is 0 Å². The topological polar surface area (TPSA) is 67.8 Å². The van der Waals surface area contributed by atoms with Gasteiger partial charge in [0.15, 0.2) is 0 Å². The van der Waals surface area contributed by atoms with E-state index < -0.39 is 23.8 Å². The zero-order valence-corrected chi connectivity index (χ0v) is 15.7. The first kappa shape index (κ1) is 19.8. The summed E-state index contributed by atoms with van der Waals surface area (Å²) < 4.78 is 10.9. The maximum atomic E-state index is 11.8. The van der Waals surface area contributed by atoms with Crippen molar-refractivity contribution >= 4 is 6.09 Å². The standard InChI is InChI=1S/C21H27NO4/c1-15(22-20(24)26-21(2,3)4)19(23)17-10-12-18(13-11-17)25-14-16-8-6-5-7-9-16/h5-13,15,19,23H,14H2,1-4H3,(H,22,24)/t15-,19-/m0/s1. The predicted molar refractivity (Wildman–Crippen MR) is 101 cm³/mol. The number of nitrogens with one attached hydrogen (secondary N) is 1. The van der Waals surface area contributed by atoms with E-state index in [0.717, 1.165) is 11.3 Å². The van der Waals surface area contributed by atoms with Crippen LogP contribution in [0.25, 0.3) is 0 Å². The summed E-state index contributed by atoms with van der Waals surface area (Å²) in [5.41, 5.74) is 1.21. The molecule has 0 radical (unpaired) electrons. The van der Waals surface area contributed by atoms with Crippen molar-refractivity contribution in [1.29, 1.82) is 0 Å². The molecule has 2 N–H and O–H groups in total. The molecule has 0 fully saturated rings. The molecular weight excluding hydrogens is 330 g/mol. The largest absolute Gasteiger partial charge is 0.489 e. The second-order valence-electron chi connectivity index (χ2n) is 7.22. The number of ether oxygens (including phenoxy) is 2. The van der Waals surface area contributed by atoms with Gasteiger partial charge in [0.2, 0.25) is 0 Å². The Morgan fingerprint density at radius 1 is 1.08 bits per heavy atom. The molecule has 26 heavy (non-hydrogen) atoms. The summed E-state index contributed by atoms with van der Waals surface area (Å²) in [6.45, 7) is 7.60. The molecule has 0 aliphatic carbocycles. The molecule has 1 amide bonds. The molecule has 2 aromatic rings. The molecular formula is C21H27NO4. The van der Waals surface area contributed by atoms with Gasteiger partial charge in [-0.1, -0.05) is 42.5 Å². The minimum absolute atomic E-state index is 0.485. The molecule has 0 saturated carbocycles. The lowest BCUT2D eigenvalue weighted by atomic mass is 10.0. The fraction of sp³-hybridized carbons (Fsp3) is 0.381. The Labute approximate surface area is 155 Å².